The van der Waals surface area contributed by atoms with Crippen LogP contribution in [0.4, 0.5) is 5.69 Å². The molecule has 1 aliphatic rings. The average molecular weight is 296 g/mol. The van der Waals surface area contributed by atoms with Crippen LogP contribution < -0.4 is 4.90 Å². The van der Waals surface area contributed by atoms with Gasteiger partial charge in [-0.2, -0.15) is 0 Å². The molecule has 2 aromatic carbocycles. The van der Waals surface area contributed by atoms with Crippen molar-refractivity contribution in [1.82, 2.24) is 0 Å². The van der Waals surface area contributed by atoms with E-state index in [1.165, 1.54) is 4.90 Å². The molecule has 0 saturated carbocycles. The van der Waals surface area contributed by atoms with Crippen molar-refractivity contribution >= 4 is 34.6 Å². The van der Waals surface area contributed by atoms with Crippen molar-refractivity contribution in [2.24, 2.45) is 0 Å². The number of thioether (sulfide) groups is 1. The van der Waals surface area contributed by atoms with E-state index in [1.54, 1.807) is 42.5 Å². The summed E-state index contributed by atoms with van der Waals surface area (Å²) in [6.45, 7) is 0. The first kappa shape index (κ1) is 13.5. The van der Waals surface area contributed by atoms with Crippen LogP contribution in [0.5, 0.6) is 5.75 Å². The minimum Gasteiger partial charge on any atom is -0.508 e. The highest BCUT2D eigenvalue weighted by Gasteiger charge is 2.33. The summed E-state index contributed by atoms with van der Waals surface area (Å²) in [5.41, 5.74) is 1.50. The van der Waals surface area contributed by atoms with Crippen molar-refractivity contribution in [1.29, 1.82) is 5.41 Å². The lowest BCUT2D eigenvalue weighted by molar-refractivity contribution is -0.113. The number of anilines is 1. The molecule has 0 atom stereocenters. The average Bonchev–Trinajstić information content (AvgIpc) is 2.77. The minimum absolute atomic E-state index is 0.182. The second-order valence-electron chi connectivity index (χ2n) is 4.48. The molecule has 21 heavy (non-hydrogen) atoms. The van der Waals surface area contributed by atoms with Gasteiger partial charge in [0.25, 0.3) is 5.91 Å². The van der Waals surface area contributed by atoms with Gasteiger partial charge in [-0.05, 0) is 47.7 Å². The summed E-state index contributed by atoms with van der Waals surface area (Å²) in [6, 6.07) is 15.7. The molecule has 0 radical (unpaired) electrons. The van der Waals surface area contributed by atoms with Crippen molar-refractivity contribution in [3.63, 3.8) is 0 Å². The highest BCUT2D eigenvalue weighted by atomic mass is 32.2. The van der Waals surface area contributed by atoms with Crippen LogP contribution in [-0.4, -0.2) is 16.2 Å². The van der Waals surface area contributed by atoms with Crippen LogP contribution in [0.25, 0.3) is 6.08 Å². The highest BCUT2D eigenvalue weighted by Crippen LogP contribution is 2.35. The number of carbonyl (C=O) groups excluding carboxylic acids is 1. The van der Waals surface area contributed by atoms with E-state index < -0.39 is 0 Å². The summed E-state index contributed by atoms with van der Waals surface area (Å²) in [7, 11) is 0. The van der Waals surface area contributed by atoms with E-state index in [2.05, 4.69) is 0 Å². The van der Waals surface area contributed by atoms with E-state index in [9.17, 15) is 9.90 Å². The van der Waals surface area contributed by atoms with Crippen LogP contribution in [0, 0.1) is 5.41 Å². The van der Waals surface area contributed by atoms with E-state index >= 15 is 0 Å². The molecule has 1 aliphatic heterocycles. The van der Waals surface area contributed by atoms with Gasteiger partial charge in [-0.3, -0.25) is 15.1 Å². The molecule has 0 bridgehead atoms. The number of nitrogens with zero attached hydrogens (tertiary/aromatic N) is 1. The number of aromatic hydroxyl groups is 1. The Labute approximate surface area is 126 Å². The van der Waals surface area contributed by atoms with Crippen molar-refractivity contribution < 1.29 is 9.90 Å². The fraction of sp³-hybridized carbons (Fsp3) is 0. The van der Waals surface area contributed by atoms with Gasteiger partial charge in [-0.1, -0.05) is 30.3 Å². The first-order chi connectivity index (χ1) is 10.1. The van der Waals surface area contributed by atoms with Gasteiger partial charge in [-0.15, -0.1) is 0 Å². The number of hydrogen-bond donors (Lipinski definition) is 2. The van der Waals surface area contributed by atoms with Crippen LogP contribution in [0.1, 0.15) is 5.56 Å². The molecule has 5 heteroatoms. The number of phenols is 1. The second-order valence-corrected chi connectivity index (χ2v) is 5.51. The number of benzene rings is 2. The Balaban J connectivity index is 1.92. The quantitative estimate of drug-likeness (QED) is 0.834. The molecule has 2 N–H and O–H groups in total. The van der Waals surface area contributed by atoms with Crippen LogP contribution in [0.2, 0.25) is 0 Å². The molecule has 2 aromatic rings. The van der Waals surface area contributed by atoms with E-state index in [0.717, 1.165) is 17.3 Å². The zero-order chi connectivity index (χ0) is 14.8. The molecule has 4 nitrogen and oxygen atoms in total. The topological polar surface area (TPSA) is 64.4 Å². The lowest BCUT2D eigenvalue weighted by atomic mass is 10.2. The molecule has 1 saturated heterocycles. The molecule has 0 unspecified atom stereocenters. The number of amides is 1. The number of amidine groups is 1. The van der Waals surface area contributed by atoms with Crippen LogP contribution >= 0.6 is 11.8 Å². The van der Waals surface area contributed by atoms with Gasteiger partial charge in [-0.25, -0.2) is 0 Å². The number of rotatable bonds is 2. The smallest absolute Gasteiger partial charge is 0.271 e. The molecule has 1 amide bonds. The summed E-state index contributed by atoms with van der Waals surface area (Å²) < 4.78 is 0. The SMILES string of the molecule is N=C1S/C(=C\c2ccc(O)cc2)C(=O)N1c1ccccc1. The van der Waals surface area contributed by atoms with E-state index in [-0.39, 0.29) is 16.8 Å². The summed E-state index contributed by atoms with van der Waals surface area (Å²) >= 11 is 1.13. The monoisotopic (exact) mass is 296 g/mol. The van der Waals surface area contributed by atoms with E-state index in [1.807, 2.05) is 18.2 Å². The van der Waals surface area contributed by atoms with Crippen molar-refractivity contribution in [3.05, 3.63) is 65.1 Å². The zero-order valence-corrected chi connectivity index (χ0v) is 11.8. The number of phenolic OH excluding ortho intramolecular Hbond substituents is 1. The number of nitrogens with one attached hydrogen (secondary N) is 1. The molecule has 1 fully saturated rings. The number of hydrogen-bond acceptors (Lipinski definition) is 4. The van der Waals surface area contributed by atoms with Crippen molar-refractivity contribution in [2.75, 3.05) is 4.90 Å². The molecule has 104 valence electrons. The second kappa shape index (κ2) is 5.46. The fourth-order valence-corrected chi connectivity index (χ4v) is 2.88. The Hall–Kier alpha value is -2.53. The van der Waals surface area contributed by atoms with Crippen LogP contribution in [0.3, 0.4) is 0 Å². The summed E-state index contributed by atoms with van der Waals surface area (Å²) in [5.74, 6) is -0.0227. The van der Waals surface area contributed by atoms with Gasteiger partial charge in [0, 0.05) is 0 Å². The van der Waals surface area contributed by atoms with Crippen LogP contribution in [0.15, 0.2) is 59.5 Å². The lowest BCUT2D eigenvalue weighted by Gasteiger charge is -2.13. The molecular formula is C16H12N2O2S. The van der Waals surface area contributed by atoms with Crippen molar-refractivity contribution in [3.8, 4) is 5.75 Å². The molecule has 3 rings (SSSR count). The first-order valence-corrected chi connectivity index (χ1v) is 7.13. The standard InChI is InChI=1S/C16H12N2O2S/c17-16-18(12-4-2-1-3-5-12)15(20)14(21-16)10-11-6-8-13(19)9-7-11/h1-10,17,19H/b14-10-,17-16?. The van der Waals surface area contributed by atoms with E-state index in [0.29, 0.717) is 10.6 Å². The molecule has 1 heterocycles. The molecule has 0 aromatic heterocycles. The maximum atomic E-state index is 12.4. The zero-order valence-electron chi connectivity index (χ0n) is 11.0. The predicted molar refractivity (Wildman–Crippen MR) is 85.3 cm³/mol. The highest BCUT2D eigenvalue weighted by molar-refractivity contribution is 8.19. The largest absolute Gasteiger partial charge is 0.508 e. The Bertz CT molecular complexity index is 724. The summed E-state index contributed by atoms with van der Waals surface area (Å²) in [6.07, 6.45) is 1.73. The van der Waals surface area contributed by atoms with Gasteiger partial charge in [0.1, 0.15) is 5.75 Å². The predicted octanol–water partition coefficient (Wildman–Crippen LogP) is 3.45. The molecule has 0 spiro atoms. The number of carbonyl (C=O) groups is 1. The minimum atomic E-state index is -0.204. The maximum Gasteiger partial charge on any atom is 0.271 e. The summed E-state index contributed by atoms with van der Waals surface area (Å²) in [5, 5.41) is 17.4. The molecular weight excluding hydrogens is 284 g/mol. The Morgan fingerprint density at radius 1 is 1.05 bits per heavy atom. The van der Waals surface area contributed by atoms with Crippen molar-refractivity contribution in [2.45, 2.75) is 0 Å². The van der Waals surface area contributed by atoms with Gasteiger partial charge in [0.15, 0.2) is 5.17 Å². The Morgan fingerprint density at radius 2 is 1.71 bits per heavy atom. The third-order valence-electron chi connectivity index (χ3n) is 3.03. The normalized spacial score (nSPS) is 16.8. The first-order valence-electron chi connectivity index (χ1n) is 6.32. The van der Waals surface area contributed by atoms with E-state index in [4.69, 9.17) is 5.41 Å². The number of para-hydroxylation sites is 1. The fourth-order valence-electron chi connectivity index (χ4n) is 2.02. The van der Waals surface area contributed by atoms with Gasteiger partial charge in [0.2, 0.25) is 0 Å². The van der Waals surface area contributed by atoms with Gasteiger partial charge < -0.3 is 5.11 Å². The maximum absolute atomic E-state index is 12.4. The van der Waals surface area contributed by atoms with Crippen LogP contribution in [-0.2, 0) is 4.79 Å². The Morgan fingerprint density at radius 3 is 2.38 bits per heavy atom. The van der Waals surface area contributed by atoms with Gasteiger partial charge in [0.05, 0.1) is 10.6 Å². The third kappa shape index (κ3) is 2.68. The third-order valence-corrected chi connectivity index (χ3v) is 3.92. The molecule has 0 aliphatic carbocycles. The van der Waals surface area contributed by atoms with Gasteiger partial charge >= 0.3 is 0 Å². The lowest BCUT2D eigenvalue weighted by Crippen LogP contribution is -2.27. The summed E-state index contributed by atoms with van der Waals surface area (Å²) in [4.78, 5) is 14.3. The Kier molecular flexibility index (Phi) is 3.50.